The van der Waals surface area contributed by atoms with Crippen molar-refractivity contribution in [3.63, 3.8) is 0 Å². The third-order valence-electron chi connectivity index (χ3n) is 13.4. The van der Waals surface area contributed by atoms with Gasteiger partial charge in [-0.1, -0.05) is 182 Å². The second kappa shape index (κ2) is 13.9. The Morgan fingerprint density at radius 1 is 0.302 bits per heavy atom. The third kappa shape index (κ3) is 5.51. The molecule has 0 spiro atoms. The van der Waals surface area contributed by atoms with Crippen molar-refractivity contribution in [1.29, 1.82) is 0 Å². The molecule has 2 heteroatoms. The van der Waals surface area contributed by atoms with Gasteiger partial charge in [0.2, 0.25) is 0 Å². The van der Waals surface area contributed by atoms with Gasteiger partial charge in [0.15, 0.2) is 0 Å². The first kappa shape index (κ1) is 35.5. The van der Waals surface area contributed by atoms with E-state index in [4.69, 9.17) is 4.98 Å². The van der Waals surface area contributed by atoms with Gasteiger partial charge in [0.25, 0.3) is 0 Å². The van der Waals surface area contributed by atoms with Gasteiger partial charge in [-0.05, 0) is 134 Å². The Morgan fingerprint density at radius 2 is 0.810 bits per heavy atom. The predicted molar refractivity (Wildman–Crippen MR) is 269 cm³/mol. The molecule has 0 radical (unpaired) electrons. The SMILES string of the molecule is Cc1cccc2ccc3cccc(-c4cccc5ccc6cc(-c7ccc(-c8c9ccccc9c(-c9cnc%10c(ccc%11cccnc%11%10)c9)c9ccccc89)cc7)ccc6c45)c3c12. The maximum Gasteiger partial charge on any atom is 0.0964 e. The van der Waals surface area contributed by atoms with Crippen LogP contribution in [0.15, 0.2) is 213 Å². The summed E-state index contributed by atoms with van der Waals surface area (Å²) in [7, 11) is 0. The van der Waals surface area contributed by atoms with Gasteiger partial charge >= 0.3 is 0 Å². The van der Waals surface area contributed by atoms with Crippen molar-refractivity contribution in [3.8, 4) is 44.5 Å². The summed E-state index contributed by atoms with van der Waals surface area (Å²) in [5, 5.41) is 17.3. The van der Waals surface area contributed by atoms with Crippen molar-refractivity contribution < 1.29 is 0 Å². The summed E-state index contributed by atoms with van der Waals surface area (Å²) in [4.78, 5) is 9.71. The Balaban J connectivity index is 0.926. The van der Waals surface area contributed by atoms with E-state index < -0.39 is 0 Å². The van der Waals surface area contributed by atoms with E-state index in [9.17, 15) is 0 Å². The minimum atomic E-state index is 0.927. The number of nitrogens with zero attached hydrogens (tertiary/aromatic N) is 2. The van der Waals surface area contributed by atoms with Gasteiger partial charge < -0.3 is 0 Å². The molecule has 0 aliphatic heterocycles. The summed E-state index contributed by atoms with van der Waals surface area (Å²) in [6.07, 6.45) is 3.87. The molecule has 0 aliphatic carbocycles. The molecule has 11 aromatic carbocycles. The average molecular weight is 799 g/mol. The standard InChI is InChI=1S/C61H38N2/c1-37-10-6-11-39-25-26-41-13-8-20-54(59(41)55(37)39)53-19-7-12-40-27-29-45-34-44(31-32-48(45)56(40)53)38-21-23-42(24-22-38)57-49-15-2-4-17-51(49)58(52-18-5-3-16-50(52)57)47-35-46-30-28-43-14-9-33-62-60(43)61(46)63-36-47/h2-36H,1H3. The first-order chi connectivity index (χ1) is 31.2. The lowest BCUT2D eigenvalue weighted by atomic mass is 9.85. The Labute approximate surface area is 364 Å². The molecule has 0 N–H and O–H groups in total. The zero-order chi connectivity index (χ0) is 41.6. The molecule has 0 unspecified atom stereocenters. The fraction of sp³-hybridized carbons (Fsp3) is 0.0164. The van der Waals surface area contributed by atoms with E-state index in [1.54, 1.807) is 0 Å². The number of fused-ring (bicyclic) bond motifs is 11. The number of hydrogen-bond acceptors (Lipinski definition) is 2. The normalized spacial score (nSPS) is 11.9. The molecular formula is C61H38N2. The average Bonchev–Trinajstić information content (AvgIpc) is 3.34. The Kier molecular flexibility index (Phi) is 7.85. The summed E-state index contributed by atoms with van der Waals surface area (Å²) >= 11 is 0. The molecule has 2 nitrogen and oxygen atoms in total. The number of benzene rings is 11. The molecule has 0 amide bonds. The van der Waals surface area contributed by atoms with Crippen LogP contribution in [0.1, 0.15) is 5.56 Å². The lowest BCUT2D eigenvalue weighted by molar-refractivity contribution is 1.38. The largest absolute Gasteiger partial charge is 0.254 e. The van der Waals surface area contributed by atoms with Gasteiger partial charge in [0.05, 0.1) is 11.0 Å². The number of hydrogen-bond donors (Lipinski definition) is 0. The second-order valence-corrected chi connectivity index (χ2v) is 16.9. The quantitative estimate of drug-likeness (QED) is 0.131. The number of aromatic nitrogens is 2. The van der Waals surface area contributed by atoms with Crippen LogP contribution in [0.3, 0.4) is 0 Å². The van der Waals surface area contributed by atoms with Crippen LogP contribution in [0.25, 0.3) is 131 Å². The third-order valence-corrected chi connectivity index (χ3v) is 13.4. The van der Waals surface area contributed by atoms with Gasteiger partial charge in [-0.2, -0.15) is 0 Å². The maximum absolute atomic E-state index is 5.03. The highest BCUT2D eigenvalue weighted by atomic mass is 14.7. The molecule has 0 saturated heterocycles. The van der Waals surface area contributed by atoms with Gasteiger partial charge in [-0.3, -0.25) is 9.97 Å². The molecule has 0 atom stereocenters. The minimum Gasteiger partial charge on any atom is -0.254 e. The van der Waals surface area contributed by atoms with Gasteiger partial charge in [0, 0.05) is 28.7 Å². The van der Waals surface area contributed by atoms with Crippen LogP contribution >= 0.6 is 0 Å². The fourth-order valence-electron chi connectivity index (χ4n) is 10.5. The molecule has 292 valence electrons. The first-order valence-corrected chi connectivity index (χ1v) is 21.7. The smallest absolute Gasteiger partial charge is 0.0964 e. The monoisotopic (exact) mass is 798 g/mol. The predicted octanol–water partition coefficient (Wildman–Crippen LogP) is 16.7. The van der Waals surface area contributed by atoms with Crippen LogP contribution in [0.5, 0.6) is 0 Å². The van der Waals surface area contributed by atoms with Crippen LogP contribution in [-0.2, 0) is 0 Å². The van der Waals surface area contributed by atoms with Crippen LogP contribution in [0.4, 0.5) is 0 Å². The number of pyridine rings is 2. The van der Waals surface area contributed by atoms with Crippen molar-refractivity contribution in [2.75, 3.05) is 0 Å². The van der Waals surface area contributed by atoms with Gasteiger partial charge in [-0.15, -0.1) is 0 Å². The topological polar surface area (TPSA) is 25.8 Å². The summed E-state index contributed by atoms with van der Waals surface area (Å²) in [6.45, 7) is 2.23. The summed E-state index contributed by atoms with van der Waals surface area (Å²) in [5.41, 5.74) is 12.8. The van der Waals surface area contributed by atoms with Crippen LogP contribution < -0.4 is 0 Å². The molecule has 2 heterocycles. The van der Waals surface area contributed by atoms with E-state index in [0.29, 0.717) is 0 Å². The first-order valence-electron chi connectivity index (χ1n) is 21.7. The van der Waals surface area contributed by atoms with Crippen molar-refractivity contribution in [2.24, 2.45) is 0 Å². The van der Waals surface area contributed by atoms with Gasteiger partial charge in [-0.25, -0.2) is 0 Å². The van der Waals surface area contributed by atoms with E-state index in [2.05, 4.69) is 206 Å². The summed E-state index contributed by atoms with van der Waals surface area (Å²) in [6, 6.07) is 73.7. The fourth-order valence-corrected chi connectivity index (χ4v) is 10.5. The van der Waals surface area contributed by atoms with Crippen molar-refractivity contribution in [2.45, 2.75) is 6.92 Å². The van der Waals surface area contributed by atoms with Crippen LogP contribution in [0.2, 0.25) is 0 Å². The zero-order valence-corrected chi connectivity index (χ0v) is 34.6. The minimum absolute atomic E-state index is 0.927. The highest BCUT2D eigenvalue weighted by Crippen LogP contribution is 2.45. The van der Waals surface area contributed by atoms with Crippen molar-refractivity contribution >= 4 is 86.4 Å². The number of aryl methyl sites for hydroxylation is 1. The lowest BCUT2D eigenvalue weighted by Crippen LogP contribution is -1.92. The molecule has 0 aliphatic rings. The second-order valence-electron chi connectivity index (χ2n) is 16.9. The molecule has 13 rings (SSSR count). The van der Waals surface area contributed by atoms with E-state index >= 15 is 0 Å². The number of rotatable bonds is 4. The molecule has 13 aromatic rings. The Morgan fingerprint density at radius 3 is 1.52 bits per heavy atom. The summed E-state index contributed by atoms with van der Waals surface area (Å²) in [5.74, 6) is 0. The van der Waals surface area contributed by atoms with E-state index in [1.807, 2.05) is 18.5 Å². The van der Waals surface area contributed by atoms with Crippen LogP contribution in [-0.4, -0.2) is 9.97 Å². The van der Waals surface area contributed by atoms with Gasteiger partial charge in [0.1, 0.15) is 0 Å². The molecular weight excluding hydrogens is 761 g/mol. The van der Waals surface area contributed by atoms with Crippen molar-refractivity contribution in [1.82, 2.24) is 9.97 Å². The molecule has 0 bridgehead atoms. The summed E-state index contributed by atoms with van der Waals surface area (Å²) < 4.78 is 0. The lowest BCUT2D eigenvalue weighted by Gasteiger charge is -2.18. The highest BCUT2D eigenvalue weighted by Gasteiger charge is 2.19. The van der Waals surface area contributed by atoms with Crippen LogP contribution in [0, 0.1) is 6.92 Å². The maximum atomic E-state index is 5.03. The van der Waals surface area contributed by atoms with E-state index in [1.165, 1.54) is 109 Å². The van der Waals surface area contributed by atoms with E-state index in [0.717, 1.165) is 27.4 Å². The zero-order valence-electron chi connectivity index (χ0n) is 34.6. The molecule has 2 aromatic heterocycles. The molecule has 0 saturated carbocycles. The highest BCUT2D eigenvalue weighted by molar-refractivity contribution is 6.23. The Bertz CT molecular complexity index is 3970. The Hall–Kier alpha value is -8.20. The van der Waals surface area contributed by atoms with Crippen molar-refractivity contribution in [3.05, 3.63) is 218 Å². The molecule has 0 fully saturated rings. The van der Waals surface area contributed by atoms with E-state index in [-0.39, 0.29) is 0 Å². The molecule has 63 heavy (non-hydrogen) atoms.